The number of anilines is 1. The number of hydrogen-bond donors (Lipinski definition) is 1. The normalized spacial score (nSPS) is 14.7. The Kier molecular flexibility index (Phi) is 7.21. The summed E-state index contributed by atoms with van der Waals surface area (Å²) in [6, 6.07) is 2.03. The molecule has 1 fully saturated rings. The summed E-state index contributed by atoms with van der Waals surface area (Å²) >= 11 is 0. The Labute approximate surface area is 108 Å². The number of nitrogens with one attached hydrogen (secondary N) is 1. The van der Waals surface area contributed by atoms with Crippen LogP contribution in [-0.4, -0.2) is 38.3 Å². The van der Waals surface area contributed by atoms with Crippen LogP contribution in [-0.2, 0) is 0 Å². The second-order valence-electron chi connectivity index (χ2n) is 3.32. The fraction of sp³-hybridized carbons (Fsp3) is 0.500. The first-order valence-electron chi connectivity index (χ1n) is 4.85. The van der Waals surface area contributed by atoms with Crippen LogP contribution in [0.5, 0.6) is 5.75 Å². The maximum absolute atomic E-state index is 5.14. The molecule has 1 N–H and O–H groups in total. The summed E-state index contributed by atoms with van der Waals surface area (Å²) in [7, 11) is 1.67. The van der Waals surface area contributed by atoms with E-state index in [1.807, 2.05) is 12.3 Å². The van der Waals surface area contributed by atoms with Gasteiger partial charge < -0.3 is 15.0 Å². The first kappa shape index (κ1) is 15.3. The van der Waals surface area contributed by atoms with Gasteiger partial charge in [0.25, 0.3) is 0 Å². The molecule has 0 unspecified atom stereocenters. The Morgan fingerprint density at radius 1 is 1.25 bits per heavy atom. The molecule has 0 aliphatic carbocycles. The Morgan fingerprint density at radius 3 is 2.56 bits per heavy atom. The summed E-state index contributed by atoms with van der Waals surface area (Å²) in [6.45, 7) is 4.15. The topological polar surface area (TPSA) is 37.4 Å². The van der Waals surface area contributed by atoms with Gasteiger partial charge in [0, 0.05) is 32.2 Å². The number of nitrogens with zero attached hydrogens (tertiary/aromatic N) is 2. The van der Waals surface area contributed by atoms with Crippen LogP contribution in [0.4, 0.5) is 5.69 Å². The minimum absolute atomic E-state index is 0. The maximum atomic E-state index is 5.14. The van der Waals surface area contributed by atoms with Crippen LogP contribution in [0.3, 0.4) is 0 Å². The number of aromatic nitrogens is 1. The largest absolute Gasteiger partial charge is 0.495 e. The number of rotatable bonds is 2. The maximum Gasteiger partial charge on any atom is 0.139 e. The molecule has 1 aromatic heterocycles. The minimum Gasteiger partial charge on any atom is -0.495 e. The lowest BCUT2D eigenvalue weighted by Gasteiger charge is -2.29. The van der Waals surface area contributed by atoms with E-state index in [1.165, 1.54) is 0 Å². The Balaban J connectivity index is 0.00000112. The quantitative estimate of drug-likeness (QED) is 0.876. The fourth-order valence-corrected chi connectivity index (χ4v) is 1.61. The van der Waals surface area contributed by atoms with Crippen molar-refractivity contribution in [2.75, 3.05) is 38.2 Å². The van der Waals surface area contributed by atoms with Gasteiger partial charge in [-0.15, -0.1) is 24.8 Å². The number of halogens is 2. The van der Waals surface area contributed by atoms with Gasteiger partial charge >= 0.3 is 0 Å². The van der Waals surface area contributed by atoms with Crippen molar-refractivity contribution in [1.29, 1.82) is 0 Å². The molecule has 4 nitrogen and oxygen atoms in total. The zero-order valence-electron chi connectivity index (χ0n) is 9.18. The Hall–Kier alpha value is -0.710. The monoisotopic (exact) mass is 265 g/mol. The molecule has 0 amide bonds. The lowest BCUT2D eigenvalue weighted by atomic mass is 10.3. The third-order valence-corrected chi connectivity index (χ3v) is 2.42. The molecular weight excluding hydrogens is 249 g/mol. The molecule has 1 aliphatic heterocycles. The smallest absolute Gasteiger partial charge is 0.139 e. The highest BCUT2D eigenvalue weighted by Crippen LogP contribution is 2.19. The first-order chi connectivity index (χ1) is 6.90. The van der Waals surface area contributed by atoms with Crippen molar-refractivity contribution in [2.24, 2.45) is 0 Å². The second-order valence-corrected chi connectivity index (χ2v) is 3.32. The SMILES string of the molecule is COc1cncc(N2CCNCC2)c1.Cl.Cl. The van der Waals surface area contributed by atoms with Crippen molar-refractivity contribution in [3.05, 3.63) is 18.5 Å². The average molecular weight is 266 g/mol. The van der Waals surface area contributed by atoms with Crippen LogP contribution < -0.4 is 15.0 Å². The third kappa shape index (κ3) is 3.70. The first-order valence-corrected chi connectivity index (χ1v) is 4.85. The Morgan fingerprint density at radius 2 is 1.94 bits per heavy atom. The summed E-state index contributed by atoms with van der Waals surface area (Å²) in [5.74, 6) is 0.820. The molecule has 1 saturated heterocycles. The van der Waals surface area contributed by atoms with Crippen LogP contribution in [0.2, 0.25) is 0 Å². The Bertz CT molecular complexity index is 306. The van der Waals surface area contributed by atoms with E-state index in [4.69, 9.17) is 4.74 Å². The fourth-order valence-electron chi connectivity index (χ4n) is 1.61. The van der Waals surface area contributed by atoms with E-state index in [0.29, 0.717) is 0 Å². The molecule has 2 rings (SSSR count). The van der Waals surface area contributed by atoms with Crippen molar-refractivity contribution in [1.82, 2.24) is 10.3 Å². The van der Waals surface area contributed by atoms with Gasteiger partial charge in [-0.1, -0.05) is 0 Å². The third-order valence-electron chi connectivity index (χ3n) is 2.42. The highest BCUT2D eigenvalue weighted by atomic mass is 35.5. The van der Waals surface area contributed by atoms with E-state index in [1.54, 1.807) is 13.3 Å². The van der Waals surface area contributed by atoms with Crippen LogP contribution in [0.25, 0.3) is 0 Å². The van der Waals surface area contributed by atoms with E-state index < -0.39 is 0 Å². The molecule has 0 atom stereocenters. The zero-order valence-corrected chi connectivity index (χ0v) is 10.8. The van der Waals surface area contributed by atoms with Crippen LogP contribution in [0.15, 0.2) is 18.5 Å². The van der Waals surface area contributed by atoms with Gasteiger partial charge in [-0.25, -0.2) is 0 Å². The van der Waals surface area contributed by atoms with Crippen LogP contribution in [0.1, 0.15) is 0 Å². The van der Waals surface area contributed by atoms with E-state index in [-0.39, 0.29) is 24.8 Å². The predicted molar refractivity (Wildman–Crippen MR) is 70.4 cm³/mol. The number of pyridine rings is 1. The molecule has 2 heterocycles. The second kappa shape index (κ2) is 7.54. The van der Waals surface area contributed by atoms with E-state index in [9.17, 15) is 0 Å². The number of hydrogen-bond acceptors (Lipinski definition) is 4. The van der Waals surface area contributed by atoms with Gasteiger partial charge in [-0.3, -0.25) is 4.98 Å². The lowest BCUT2D eigenvalue weighted by molar-refractivity contribution is 0.412. The minimum atomic E-state index is 0. The van der Waals surface area contributed by atoms with E-state index in [2.05, 4.69) is 15.2 Å². The molecule has 92 valence electrons. The molecule has 1 aromatic rings. The van der Waals surface area contributed by atoms with Crippen molar-refractivity contribution in [3.63, 3.8) is 0 Å². The van der Waals surface area contributed by atoms with Gasteiger partial charge in [0.1, 0.15) is 5.75 Å². The van der Waals surface area contributed by atoms with Crippen molar-refractivity contribution < 1.29 is 4.74 Å². The number of methoxy groups -OCH3 is 1. The van der Waals surface area contributed by atoms with Gasteiger partial charge in [0.05, 0.1) is 25.2 Å². The van der Waals surface area contributed by atoms with Gasteiger partial charge in [-0.05, 0) is 0 Å². The standard InChI is InChI=1S/C10H15N3O.2ClH/c1-14-10-6-9(7-12-8-10)13-4-2-11-3-5-13;;/h6-8,11H,2-5H2,1H3;2*1H. The molecule has 0 aromatic carbocycles. The van der Waals surface area contributed by atoms with Crippen LogP contribution >= 0.6 is 24.8 Å². The molecule has 0 spiro atoms. The molecule has 0 saturated carbocycles. The van der Waals surface area contributed by atoms with Crippen molar-refractivity contribution in [3.8, 4) is 5.75 Å². The summed E-state index contributed by atoms with van der Waals surface area (Å²) in [5, 5.41) is 3.32. The summed E-state index contributed by atoms with van der Waals surface area (Å²) in [4.78, 5) is 6.46. The summed E-state index contributed by atoms with van der Waals surface area (Å²) < 4.78 is 5.14. The molecule has 1 aliphatic rings. The number of ether oxygens (including phenoxy) is 1. The predicted octanol–water partition coefficient (Wildman–Crippen LogP) is 1.34. The van der Waals surface area contributed by atoms with Crippen molar-refractivity contribution >= 4 is 30.5 Å². The molecule has 6 heteroatoms. The molecule has 0 radical (unpaired) electrons. The van der Waals surface area contributed by atoms with Gasteiger partial charge in [-0.2, -0.15) is 0 Å². The molecule has 0 bridgehead atoms. The van der Waals surface area contributed by atoms with Gasteiger partial charge in [0.2, 0.25) is 0 Å². The highest BCUT2D eigenvalue weighted by molar-refractivity contribution is 5.85. The van der Waals surface area contributed by atoms with E-state index >= 15 is 0 Å². The van der Waals surface area contributed by atoms with Gasteiger partial charge in [0.15, 0.2) is 0 Å². The summed E-state index contributed by atoms with van der Waals surface area (Å²) in [5.41, 5.74) is 1.14. The average Bonchev–Trinajstić information content (AvgIpc) is 2.30. The highest BCUT2D eigenvalue weighted by Gasteiger charge is 2.10. The zero-order chi connectivity index (χ0) is 9.80. The number of piperazine rings is 1. The van der Waals surface area contributed by atoms with Crippen LogP contribution in [0, 0.1) is 0 Å². The van der Waals surface area contributed by atoms with E-state index in [0.717, 1.165) is 37.6 Å². The van der Waals surface area contributed by atoms with Crippen molar-refractivity contribution in [2.45, 2.75) is 0 Å². The molecule has 16 heavy (non-hydrogen) atoms. The molecular formula is C10H17Cl2N3O. The summed E-state index contributed by atoms with van der Waals surface area (Å²) in [6.07, 6.45) is 3.61. The lowest BCUT2D eigenvalue weighted by Crippen LogP contribution is -2.43.